The Hall–Kier alpha value is -2.96. The highest BCUT2D eigenvalue weighted by Gasteiger charge is 2.26. The number of phenols is 1. The Morgan fingerprint density at radius 1 is 0.943 bits per heavy atom. The Morgan fingerprint density at radius 2 is 1.80 bits per heavy atom. The summed E-state index contributed by atoms with van der Waals surface area (Å²) >= 11 is 0. The highest BCUT2D eigenvalue weighted by molar-refractivity contribution is 5.57. The standard InChI is InChI=1S/C29H37N5O/c1-2-14-33(24-9-11-26-23(21-24)6-5-8-29(26)35)18-15-32-16-19-34(20-17-32)25-10-12-28(31-22-25)27-7-3-4-13-30-27/h3-8,10,12-13,22,24,35H,2,9,11,14-21H2,1H3/t24-/m0/s1. The third-order valence-electron chi connectivity index (χ3n) is 7.57. The molecule has 0 unspecified atom stereocenters. The van der Waals surface area contributed by atoms with E-state index in [0.29, 0.717) is 11.8 Å². The lowest BCUT2D eigenvalue weighted by Gasteiger charge is -2.39. The third-order valence-corrected chi connectivity index (χ3v) is 7.57. The monoisotopic (exact) mass is 471 g/mol. The van der Waals surface area contributed by atoms with Crippen molar-refractivity contribution in [1.29, 1.82) is 0 Å². The van der Waals surface area contributed by atoms with Crippen molar-refractivity contribution in [3.8, 4) is 17.1 Å². The lowest BCUT2D eigenvalue weighted by atomic mass is 9.87. The van der Waals surface area contributed by atoms with Gasteiger partial charge in [0.15, 0.2) is 0 Å². The average Bonchev–Trinajstić information content (AvgIpc) is 2.92. The normalized spacial score (nSPS) is 18.6. The fourth-order valence-electron chi connectivity index (χ4n) is 5.58. The van der Waals surface area contributed by atoms with E-state index in [1.165, 1.54) is 23.2 Å². The van der Waals surface area contributed by atoms with Crippen LogP contribution in [0.5, 0.6) is 5.75 Å². The number of benzene rings is 1. The quantitative estimate of drug-likeness (QED) is 0.530. The third kappa shape index (κ3) is 5.65. The molecule has 0 saturated carbocycles. The number of hydrogen-bond acceptors (Lipinski definition) is 6. The number of aromatic hydroxyl groups is 1. The summed E-state index contributed by atoms with van der Waals surface area (Å²) in [7, 11) is 0. The van der Waals surface area contributed by atoms with Crippen molar-refractivity contribution in [3.05, 3.63) is 72.1 Å². The van der Waals surface area contributed by atoms with Gasteiger partial charge in [0.1, 0.15) is 5.75 Å². The van der Waals surface area contributed by atoms with Gasteiger partial charge in [0.2, 0.25) is 0 Å². The van der Waals surface area contributed by atoms with Crippen LogP contribution in [-0.2, 0) is 12.8 Å². The Morgan fingerprint density at radius 3 is 2.54 bits per heavy atom. The molecule has 1 saturated heterocycles. The largest absolute Gasteiger partial charge is 0.508 e. The second-order valence-electron chi connectivity index (χ2n) is 9.79. The molecule has 6 nitrogen and oxygen atoms in total. The van der Waals surface area contributed by atoms with Crippen LogP contribution in [0.15, 0.2) is 60.9 Å². The lowest BCUT2D eigenvalue weighted by Crippen LogP contribution is -2.50. The van der Waals surface area contributed by atoms with Gasteiger partial charge in [-0.05, 0) is 73.7 Å². The Kier molecular flexibility index (Phi) is 7.60. The van der Waals surface area contributed by atoms with Crippen LogP contribution in [0, 0.1) is 0 Å². The maximum absolute atomic E-state index is 10.2. The summed E-state index contributed by atoms with van der Waals surface area (Å²) in [5.41, 5.74) is 5.53. The van der Waals surface area contributed by atoms with Crippen molar-refractivity contribution in [2.45, 2.75) is 38.6 Å². The summed E-state index contributed by atoms with van der Waals surface area (Å²) in [6, 6.07) is 16.8. The smallest absolute Gasteiger partial charge is 0.119 e. The van der Waals surface area contributed by atoms with Crippen molar-refractivity contribution >= 4 is 5.69 Å². The van der Waals surface area contributed by atoms with E-state index in [1.807, 2.05) is 42.7 Å². The molecule has 1 aliphatic heterocycles. The van der Waals surface area contributed by atoms with Gasteiger partial charge in [-0.25, -0.2) is 0 Å². The van der Waals surface area contributed by atoms with E-state index >= 15 is 0 Å². The summed E-state index contributed by atoms with van der Waals surface area (Å²) in [5, 5.41) is 10.2. The molecule has 3 aromatic rings. The molecule has 0 radical (unpaired) electrons. The van der Waals surface area contributed by atoms with Crippen LogP contribution in [0.2, 0.25) is 0 Å². The van der Waals surface area contributed by atoms with Gasteiger partial charge in [-0.2, -0.15) is 0 Å². The van der Waals surface area contributed by atoms with Crippen molar-refractivity contribution in [3.63, 3.8) is 0 Å². The first-order valence-corrected chi connectivity index (χ1v) is 13.1. The molecule has 1 aromatic carbocycles. The Labute approximate surface area is 209 Å². The van der Waals surface area contributed by atoms with Crippen LogP contribution in [0.1, 0.15) is 30.9 Å². The molecule has 1 atom stereocenters. The molecule has 0 bridgehead atoms. The zero-order valence-corrected chi connectivity index (χ0v) is 20.8. The van der Waals surface area contributed by atoms with E-state index in [2.05, 4.69) is 49.8 Å². The number of aromatic nitrogens is 2. The van der Waals surface area contributed by atoms with Gasteiger partial charge in [0, 0.05) is 51.5 Å². The van der Waals surface area contributed by atoms with E-state index in [4.69, 9.17) is 0 Å². The number of hydrogen-bond donors (Lipinski definition) is 1. The fourth-order valence-corrected chi connectivity index (χ4v) is 5.58. The minimum Gasteiger partial charge on any atom is -0.508 e. The van der Waals surface area contributed by atoms with E-state index < -0.39 is 0 Å². The van der Waals surface area contributed by atoms with Gasteiger partial charge in [-0.1, -0.05) is 25.1 Å². The highest BCUT2D eigenvalue weighted by atomic mass is 16.3. The summed E-state index contributed by atoms with van der Waals surface area (Å²) in [4.78, 5) is 16.8. The van der Waals surface area contributed by atoms with Crippen molar-refractivity contribution in [2.75, 3.05) is 50.7 Å². The minimum atomic E-state index is 0.474. The molecule has 1 aliphatic carbocycles. The fraction of sp³-hybridized carbons (Fsp3) is 0.448. The van der Waals surface area contributed by atoms with Crippen molar-refractivity contribution in [1.82, 2.24) is 19.8 Å². The van der Waals surface area contributed by atoms with Crippen LogP contribution in [0.25, 0.3) is 11.4 Å². The Bertz CT molecular complexity index is 1080. The predicted octanol–water partition coefficient (Wildman–Crippen LogP) is 4.24. The molecule has 184 valence electrons. The zero-order chi connectivity index (χ0) is 24.0. The van der Waals surface area contributed by atoms with E-state index in [9.17, 15) is 5.11 Å². The molecule has 1 fully saturated rings. The summed E-state index contributed by atoms with van der Waals surface area (Å²) in [6.07, 6.45) is 8.15. The molecule has 1 N–H and O–H groups in total. The SMILES string of the molecule is CCCN(CCN1CCN(c2ccc(-c3ccccn3)nc2)CC1)[C@H]1CCc2c(O)cccc2C1. The second-order valence-corrected chi connectivity index (χ2v) is 9.79. The number of anilines is 1. The first kappa shape index (κ1) is 23.8. The highest BCUT2D eigenvalue weighted by Crippen LogP contribution is 2.30. The molecule has 6 heteroatoms. The maximum atomic E-state index is 10.2. The molecular formula is C29H37N5O. The molecule has 0 spiro atoms. The van der Waals surface area contributed by atoms with Gasteiger partial charge in [-0.3, -0.25) is 19.8 Å². The number of pyridine rings is 2. The second kappa shape index (κ2) is 11.2. The number of piperazine rings is 1. The molecule has 5 rings (SSSR count). The molecule has 2 aromatic heterocycles. The van der Waals surface area contributed by atoms with Gasteiger partial charge < -0.3 is 10.0 Å². The molecule has 35 heavy (non-hydrogen) atoms. The van der Waals surface area contributed by atoms with Gasteiger partial charge >= 0.3 is 0 Å². The first-order chi connectivity index (χ1) is 17.2. The minimum absolute atomic E-state index is 0.474. The maximum Gasteiger partial charge on any atom is 0.119 e. The van der Waals surface area contributed by atoms with Crippen LogP contribution >= 0.6 is 0 Å². The van der Waals surface area contributed by atoms with Crippen molar-refractivity contribution in [2.24, 2.45) is 0 Å². The molecule has 0 amide bonds. The van der Waals surface area contributed by atoms with Crippen LogP contribution in [0.3, 0.4) is 0 Å². The summed E-state index contributed by atoms with van der Waals surface area (Å²) in [5.74, 6) is 0.474. The van der Waals surface area contributed by atoms with Gasteiger partial charge in [0.25, 0.3) is 0 Å². The number of phenolic OH excluding ortho intramolecular Hbond substituents is 1. The van der Waals surface area contributed by atoms with Crippen LogP contribution in [-0.4, -0.2) is 76.7 Å². The number of fused-ring (bicyclic) bond motifs is 1. The van der Waals surface area contributed by atoms with Gasteiger partial charge in [0.05, 0.1) is 23.3 Å². The van der Waals surface area contributed by atoms with E-state index in [-0.39, 0.29) is 0 Å². The average molecular weight is 472 g/mol. The van der Waals surface area contributed by atoms with Gasteiger partial charge in [-0.15, -0.1) is 0 Å². The van der Waals surface area contributed by atoms with E-state index in [0.717, 1.165) is 76.5 Å². The number of nitrogens with zero attached hydrogens (tertiary/aromatic N) is 5. The van der Waals surface area contributed by atoms with Crippen molar-refractivity contribution < 1.29 is 5.11 Å². The summed E-state index contributed by atoms with van der Waals surface area (Å²) < 4.78 is 0. The van der Waals surface area contributed by atoms with Crippen LogP contribution in [0.4, 0.5) is 5.69 Å². The first-order valence-electron chi connectivity index (χ1n) is 13.1. The molecule has 3 heterocycles. The van der Waals surface area contributed by atoms with Crippen LogP contribution < -0.4 is 4.90 Å². The predicted molar refractivity (Wildman–Crippen MR) is 142 cm³/mol. The topological polar surface area (TPSA) is 55.7 Å². The molecular weight excluding hydrogens is 434 g/mol. The summed E-state index contributed by atoms with van der Waals surface area (Å²) in [6.45, 7) is 9.91. The molecule has 2 aliphatic rings. The Balaban J connectivity index is 1.12. The lowest BCUT2D eigenvalue weighted by molar-refractivity contribution is 0.145. The number of rotatable bonds is 8. The zero-order valence-electron chi connectivity index (χ0n) is 20.8. The van der Waals surface area contributed by atoms with E-state index in [1.54, 1.807) is 0 Å².